The molecule has 0 spiro atoms. The van der Waals surface area contributed by atoms with Gasteiger partial charge in [0.1, 0.15) is 0 Å². The van der Waals surface area contributed by atoms with Crippen LogP contribution < -0.4 is 5.32 Å². The first-order valence-corrected chi connectivity index (χ1v) is 9.74. The Kier molecular flexibility index (Phi) is 4.59. The van der Waals surface area contributed by atoms with Gasteiger partial charge in [-0.25, -0.2) is 17.7 Å². The lowest BCUT2D eigenvalue weighted by Gasteiger charge is -2.10. The maximum absolute atomic E-state index is 12.3. The van der Waals surface area contributed by atoms with Crippen LogP contribution in [0.3, 0.4) is 0 Å². The summed E-state index contributed by atoms with van der Waals surface area (Å²) in [4.78, 5) is 16.9. The molecule has 8 heteroatoms. The number of thiazole rings is 1. The van der Waals surface area contributed by atoms with Crippen molar-refractivity contribution in [3.8, 4) is 0 Å². The number of hydrogen-bond acceptors (Lipinski definition) is 5. The molecule has 2 aromatic carbocycles. The number of amides is 1. The molecule has 6 nitrogen and oxygen atoms in total. The van der Waals surface area contributed by atoms with E-state index in [1.165, 1.54) is 31.5 Å². The molecule has 0 unspecified atom stereocenters. The summed E-state index contributed by atoms with van der Waals surface area (Å²) in [6, 6.07) is 12.0. The molecule has 0 aliphatic carbocycles. The summed E-state index contributed by atoms with van der Waals surface area (Å²) in [5.74, 6) is -0.246. The largest absolute Gasteiger partial charge is 0.298 e. The zero-order valence-electron chi connectivity index (χ0n) is 14.0. The number of nitrogens with zero attached hydrogens (tertiary/aromatic N) is 2. The van der Waals surface area contributed by atoms with Gasteiger partial charge in [0, 0.05) is 19.7 Å². The van der Waals surface area contributed by atoms with Gasteiger partial charge in [-0.1, -0.05) is 29.0 Å². The van der Waals surface area contributed by atoms with Crippen LogP contribution in [0.1, 0.15) is 15.9 Å². The number of rotatable bonds is 4. The lowest BCUT2D eigenvalue weighted by Crippen LogP contribution is -2.22. The van der Waals surface area contributed by atoms with Crippen LogP contribution in [0.2, 0.25) is 0 Å². The van der Waals surface area contributed by atoms with Crippen LogP contribution >= 0.6 is 11.3 Å². The van der Waals surface area contributed by atoms with Gasteiger partial charge in [0.25, 0.3) is 5.91 Å². The van der Waals surface area contributed by atoms with Crippen LogP contribution in [0.4, 0.5) is 5.13 Å². The van der Waals surface area contributed by atoms with Crippen LogP contribution in [-0.2, 0) is 10.0 Å². The summed E-state index contributed by atoms with van der Waals surface area (Å²) in [5, 5.41) is 3.20. The number of fused-ring (bicyclic) bond motifs is 1. The highest BCUT2D eigenvalue weighted by molar-refractivity contribution is 7.89. The third kappa shape index (κ3) is 3.55. The van der Waals surface area contributed by atoms with E-state index in [4.69, 9.17) is 0 Å². The molecule has 1 aromatic heterocycles. The number of aryl methyl sites for hydroxylation is 1. The molecule has 0 aliphatic heterocycles. The minimum Gasteiger partial charge on any atom is -0.298 e. The lowest BCUT2D eigenvalue weighted by molar-refractivity contribution is 0.102. The average Bonchev–Trinajstić information content (AvgIpc) is 2.95. The fraction of sp³-hybridized carbons (Fsp3) is 0.176. The molecule has 0 saturated carbocycles. The van der Waals surface area contributed by atoms with Gasteiger partial charge >= 0.3 is 0 Å². The molecule has 130 valence electrons. The highest BCUT2D eigenvalue weighted by atomic mass is 32.2. The van der Waals surface area contributed by atoms with Gasteiger partial charge in [0.15, 0.2) is 5.13 Å². The van der Waals surface area contributed by atoms with Gasteiger partial charge in [-0.15, -0.1) is 0 Å². The highest BCUT2D eigenvalue weighted by Gasteiger charge is 2.18. The Morgan fingerprint density at radius 2 is 1.92 bits per heavy atom. The third-order valence-electron chi connectivity index (χ3n) is 3.64. The Morgan fingerprint density at radius 1 is 1.16 bits per heavy atom. The molecular formula is C17H17N3O3S2. The van der Waals surface area contributed by atoms with Gasteiger partial charge in [0.05, 0.1) is 15.1 Å². The number of hydrogen-bond donors (Lipinski definition) is 1. The van der Waals surface area contributed by atoms with Crippen molar-refractivity contribution in [2.45, 2.75) is 11.8 Å². The smallest absolute Gasteiger partial charge is 0.257 e. The number of aromatic nitrogens is 1. The number of anilines is 1. The van der Waals surface area contributed by atoms with Crippen molar-refractivity contribution >= 4 is 42.6 Å². The van der Waals surface area contributed by atoms with Gasteiger partial charge in [-0.3, -0.25) is 10.1 Å². The van der Waals surface area contributed by atoms with E-state index < -0.39 is 10.0 Å². The van der Waals surface area contributed by atoms with Crippen LogP contribution in [-0.4, -0.2) is 37.7 Å². The Balaban J connectivity index is 1.90. The summed E-state index contributed by atoms with van der Waals surface area (Å²) in [6.45, 7) is 1.92. The van der Waals surface area contributed by atoms with E-state index in [9.17, 15) is 13.2 Å². The highest BCUT2D eigenvalue weighted by Crippen LogP contribution is 2.29. The van der Waals surface area contributed by atoms with Crippen molar-refractivity contribution in [1.82, 2.24) is 9.29 Å². The Bertz CT molecular complexity index is 1060. The first-order chi connectivity index (χ1) is 11.8. The van der Waals surface area contributed by atoms with Gasteiger partial charge < -0.3 is 0 Å². The fourth-order valence-corrected chi connectivity index (χ4v) is 4.19. The number of benzene rings is 2. The van der Waals surface area contributed by atoms with Gasteiger partial charge in [-0.2, -0.15) is 0 Å². The normalized spacial score (nSPS) is 11.8. The van der Waals surface area contributed by atoms with Crippen molar-refractivity contribution in [2.24, 2.45) is 0 Å². The van der Waals surface area contributed by atoms with Crippen LogP contribution in [0, 0.1) is 6.92 Å². The van der Waals surface area contributed by atoms with Crippen LogP contribution in [0.15, 0.2) is 47.4 Å². The molecule has 3 aromatic rings. The van der Waals surface area contributed by atoms with E-state index in [0.29, 0.717) is 20.9 Å². The molecule has 1 amide bonds. The Hall–Kier alpha value is -2.29. The minimum absolute atomic E-state index is 0.199. The van der Waals surface area contributed by atoms with Gasteiger partial charge in [-0.05, 0) is 37.3 Å². The zero-order chi connectivity index (χ0) is 18.2. The SMILES string of the molecule is Cc1cccc(C(=O)Nc2nc3ccc(S(=O)(=O)N(C)C)cc3s2)c1. The topological polar surface area (TPSA) is 79.4 Å². The van der Waals surface area contributed by atoms with Crippen molar-refractivity contribution in [2.75, 3.05) is 19.4 Å². The lowest BCUT2D eigenvalue weighted by atomic mass is 10.1. The first kappa shape index (κ1) is 17.5. The Morgan fingerprint density at radius 3 is 2.60 bits per heavy atom. The van der Waals surface area contributed by atoms with E-state index in [-0.39, 0.29) is 10.8 Å². The van der Waals surface area contributed by atoms with Gasteiger partial charge in [0.2, 0.25) is 10.0 Å². The van der Waals surface area contributed by atoms with E-state index in [2.05, 4.69) is 10.3 Å². The minimum atomic E-state index is -3.51. The molecule has 0 fully saturated rings. The number of nitrogens with one attached hydrogen (secondary N) is 1. The van der Waals surface area contributed by atoms with Crippen molar-refractivity contribution in [3.63, 3.8) is 0 Å². The predicted octanol–water partition coefficient (Wildman–Crippen LogP) is 3.11. The fourth-order valence-electron chi connectivity index (χ4n) is 2.29. The Labute approximate surface area is 150 Å². The molecule has 0 aliphatic rings. The molecule has 0 bridgehead atoms. The molecule has 25 heavy (non-hydrogen) atoms. The summed E-state index contributed by atoms with van der Waals surface area (Å²) < 4.78 is 26.3. The second-order valence-electron chi connectivity index (χ2n) is 5.76. The van der Waals surface area contributed by atoms with E-state index >= 15 is 0 Å². The first-order valence-electron chi connectivity index (χ1n) is 7.48. The van der Waals surface area contributed by atoms with Crippen molar-refractivity contribution < 1.29 is 13.2 Å². The number of carbonyl (C=O) groups is 1. The molecule has 1 heterocycles. The maximum Gasteiger partial charge on any atom is 0.257 e. The van der Waals surface area contributed by atoms with Crippen molar-refractivity contribution in [3.05, 3.63) is 53.6 Å². The summed E-state index contributed by atoms with van der Waals surface area (Å²) >= 11 is 1.24. The summed E-state index contributed by atoms with van der Waals surface area (Å²) in [6.07, 6.45) is 0. The molecule has 3 rings (SSSR count). The van der Waals surface area contributed by atoms with E-state index in [1.807, 2.05) is 19.1 Å². The summed E-state index contributed by atoms with van der Waals surface area (Å²) in [7, 11) is -0.533. The molecular weight excluding hydrogens is 358 g/mol. The molecule has 1 N–H and O–H groups in total. The van der Waals surface area contributed by atoms with Crippen LogP contribution in [0.25, 0.3) is 10.2 Å². The molecule has 0 radical (unpaired) electrons. The van der Waals surface area contributed by atoms with E-state index in [0.717, 1.165) is 9.87 Å². The number of carbonyl (C=O) groups excluding carboxylic acids is 1. The number of sulfonamides is 1. The monoisotopic (exact) mass is 375 g/mol. The average molecular weight is 375 g/mol. The second kappa shape index (κ2) is 6.55. The molecule has 0 atom stereocenters. The zero-order valence-corrected chi connectivity index (χ0v) is 15.6. The van der Waals surface area contributed by atoms with Crippen LogP contribution in [0.5, 0.6) is 0 Å². The standard InChI is InChI=1S/C17H17N3O3S2/c1-11-5-4-6-12(9-11)16(21)19-17-18-14-8-7-13(10-15(14)24-17)25(22,23)20(2)3/h4-10H,1-3H3,(H,18,19,21). The quantitative estimate of drug-likeness (QED) is 0.760. The summed E-state index contributed by atoms with van der Waals surface area (Å²) in [5.41, 5.74) is 2.19. The second-order valence-corrected chi connectivity index (χ2v) is 8.94. The van der Waals surface area contributed by atoms with Crippen molar-refractivity contribution in [1.29, 1.82) is 0 Å². The third-order valence-corrected chi connectivity index (χ3v) is 6.38. The predicted molar refractivity (Wildman–Crippen MR) is 99.6 cm³/mol. The van der Waals surface area contributed by atoms with E-state index in [1.54, 1.807) is 24.3 Å². The maximum atomic E-state index is 12.3. The molecule has 0 saturated heterocycles.